The SMILES string of the molecule is C=CC(=O)N(C[C]=O)c1ncccc1NC(=O)Cc1ccccn1. The van der Waals surface area contributed by atoms with Crippen LogP contribution >= 0.6 is 0 Å². The summed E-state index contributed by atoms with van der Waals surface area (Å²) in [5, 5.41) is 2.68. The molecule has 2 amide bonds. The van der Waals surface area contributed by atoms with Crippen molar-refractivity contribution in [1.29, 1.82) is 0 Å². The molecule has 24 heavy (non-hydrogen) atoms. The van der Waals surface area contributed by atoms with Gasteiger partial charge in [-0.2, -0.15) is 0 Å². The first-order chi connectivity index (χ1) is 11.7. The summed E-state index contributed by atoms with van der Waals surface area (Å²) in [6.45, 7) is 3.08. The highest BCUT2D eigenvalue weighted by Crippen LogP contribution is 2.23. The van der Waals surface area contributed by atoms with E-state index in [1.54, 1.807) is 42.8 Å². The van der Waals surface area contributed by atoms with Crippen LogP contribution in [0.15, 0.2) is 55.4 Å². The third kappa shape index (κ3) is 4.33. The number of pyridine rings is 2. The third-order valence-corrected chi connectivity index (χ3v) is 3.05. The zero-order valence-electron chi connectivity index (χ0n) is 12.8. The van der Waals surface area contributed by atoms with Crippen molar-refractivity contribution in [3.05, 3.63) is 61.1 Å². The molecular formula is C17H15N4O3. The average Bonchev–Trinajstić information content (AvgIpc) is 2.60. The van der Waals surface area contributed by atoms with Crippen LogP contribution < -0.4 is 10.2 Å². The maximum atomic E-state index is 12.2. The summed E-state index contributed by atoms with van der Waals surface area (Å²) in [6.07, 6.45) is 5.84. The number of carbonyl (C=O) groups excluding carboxylic acids is 3. The fraction of sp³-hybridized carbons (Fsp3) is 0.118. The predicted octanol–water partition coefficient (Wildman–Crippen LogP) is 1.29. The molecule has 0 saturated heterocycles. The number of anilines is 2. The number of carbonyl (C=O) groups is 2. The number of hydrogen-bond donors (Lipinski definition) is 1. The second-order valence-electron chi connectivity index (χ2n) is 4.69. The van der Waals surface area contributed by atoms with E-state index < -0.39 is 5.91 Å². The Bertz CT molecular complexity index is 747. The van der Waals surface area contributed by atoms with E-state index >= 15 is 0 Å². The standard InChI is InChI=1S/C17H15N4O3/c1-2-16(24)21(10-11-22)17-14(7-5-9-19-17)20-15(23)12-13-6-3-4-8-18-13/h2-9H,1,10,12H2,(H,20,23). The molecule has 0 aliphatic carbocycles. The van der Waals surface area contributed by atoms with Crippen molar-refractivity contribution in [3.63, 3.8) is 0 Å². The van der Waals surface area contributed by atoms with Gasteiger partial charge in [0.2, 0.25) is 12.2 Å². The number of rotatable bonds is 7. The maximum absolute atomic E-state index is 12.2. The zero-order chi connectivity index (χ0) is 17.4. The van der Waals surface area contributed by atoms with Crippen molar-refractivity contribution in [2.45, 2.75) is 6.42 Å². The van der Waals surface area contributed by atoms with Gasteiger partial charge in [-0.3, -0.25) is 24.3 Å². The van der Waals surface area contributed by atoms with Gasteiger partial charge in [0.25, 0.3) is 5.91 Å². The monoisotopic (exact) mass is 323 g/mol. The molecule has 0 bridgehead atoms. The Balaban J connectivity index is 2.21. The highest BCUT2D eigenvalue weighted by molar-refractivity contribution is 6.05. The Morgan fingerprint density at radius 3 is 2.67 bits per heavy atom. The lowest BCUT2D eigenvalue weighted by molar-refractivity contribution is -0.116. The van der Waals surface area contributed by atoms with Gasteiger partial charge in [0, 0.05) is 18.1 Å². The molecule has 1 radical (unpaired) electrons. The molecule has 7 nitrogen and oxygen atoms in total. The van der Waals surface area contributed by atoms with Gasteiger partial charge in [0.1, 0.15) is 0 Å². The van der Waals surface area contributed by atoms with Crippen molar-refractivity contribution in [2.24, 2.45) is 0 Å². The smallest absolute Gasteiger partial charge is 0.252 e. The second-order valence-corrected chi connectivity index (χ2v) is 4.69. The number of hydrogen-bond acceptors (Lipinski definition) is 5. The van der Waals surface area contributed by atoms with Crippen LogP contribution in [-0.2, 0) is 20.8 Å². The zero-order valence-corrected chi connectivity index (χ0v) is 12.8. The van der Waals surface area contributed by atoms with Gasteiger partial charge in [-0.1, -0.05) is 12.6 Å². The van der Waals surface area contributed by atoms with Gasteiger partial charge >= 0.3 is 0 Å². The molecule has 7 heteroatoms. The van der Waals surface area contributed by atoms with Crippen LogP contribution in [0.3, 0.4) is 0 Å². The summed E-state index contributed by atoms with van der Waals surface area (Å²) in [7, 11) is 0. The first kappa shape index (κ1) is 17.0. The lowest BCUT2D eigenvalue weighted by atomic mass is 10.2. The Morgan fingerprint density at radius 1 is 1.21 bits per heavy atom. The van der Waals surface area contributed by atoms with E-state index in [4.69, 9.17) is 0 Å². The summed E-state index contributed by atoms with van der Waals surface area (Å²) in [4.78, 5) is 44.0. The quantitative estimate of drug-likeness (QED) is 0.775. The van der Waals surface area contributed by atoms with E-state index in [-0.39, 0.29) is 24.7 Å². The molecule has 121 valence electrons. The lowest BCUT2D eigenvalue weighted by Gasteiger charge is -2.20. The maximum Gasteiger partial charge on any atom is 0.252 e. The van der Waals surface area contributed by atoms with E-state index in [1.165, 1.54) is 6.20 Å². The van der Waals surface area contributed by atoms with Gasteiger partial charge in [-0.05, 0) is 30.3 Å². The van der Waals surface area contributed by atoms with E-state index in [0.717, 1.165) is 11.0 Å². The van der Waals surface area contributed by atoms with Gasteiger partial charge < -0.3 is 5.32 Å². The number of aromatic nitrogens is 2. The van der Waals surface area contributed by atoms with Crippen molar-refractivity contribution in [2.75, 3.05) is 16.8 Å². The van der Waals surface area contributed by atoms with Crippen LogP contribution in [0.2, 0.25) is 0 Å². The van der Waals surface area contributed by atoms with E-state index in [2.05, 4.69) is 21.9 Å². The van der Waals surface area contributed by atoms with Gasteiger partial charge in [0.15, 0.2) is 5.82 Å². The van der Waals surface area contributed by atoms with Crippen LogP contribution in [0.25, 0.3) is 0 Å². The van der Waals surface area contributed by atoms with Crippen LogP contribution in [0, 0.1) is 0 Å². The molecule has 0 aliphatic heterocycles. The van der Waals surface area contributed by atoms with Crippen molar-refractivity contribution in [3.8, 4) is 0 Å². The molecule has 0 saturated carbocycles. The summed E-state index contributed by atoms with van der Waals surface area (Å²) in [6, 6.07) is 8.48. The van der Waals surface area contributed by atoms with Gasteiger partial charge in [0.05, 0.1) is 18.7 Å². The molecular weight excluding hydrogens is 308 g/mol. The van der Waals surface area contributed by atoms with E-state index in [1.807, 2.05) is 0 Å². The minimum Gasteiger partial charge on any atom is -0.323 e. The van der Waals surface area contributed by atoms with Crippen LogP contribution in [-0.4, -0.2) is 34.6 Å². The number of nitrogens with zero attached hydrogens (tertiary/aromatic N) is 3. The minimum absolute atomic E-state index is 0.0738. The fourth-order valence-electron chi connectivity index (χ4n) is 2.00. The highest BCUT2D eigenvalue weighted by atomic mass is 16.2. The first-order valence-corrected chi connectivity index (χ1v) is 7.09. The lowest BCUT2D eigenvalue weighted by Crippen LogP contribution is -2.32. The molecule has 0 aromatic carbocycles. The molecule has 0 spiro atoms. The summed E-state index contributed by atoms with van der Waals surface area (Å²) >= 11 is 0. The molecule has 2 heterocycles. The summed E-state index contributed by atoms with van der Waals surface area (Å²) in [5.74, 6) is -0.679. The third-order valence-electron chi connectivity index (χ3n) is 3.05. The molecule has 0 unspecified atom stereocenters. The average molecular weight is 323 g/mol. The van der Waals surface area contributed by atoms with Crippen LogP contribution in [0.4, 0.5) is 11.5 Å². The van der Waals surface area contributed by atoms with Gasteiger partial charge in [-0.25, -0.2) is 4.98 Å². The Labute approximate surface area is 139 Å². The Morgan fingerprint density at radius 2 is 2.00 bits per heavy atom. The number of nitrogens with one attached hydrogen (secondary N) is 1. The highest BCUT2D eigenvalue weighted by Gasteiger charge is 2.19. The van der Waals surface area contributed by atoms with Gasteiger partial charge in [-0.15, -0.1) is 0 Å². The Hall–Kier alpha value is -3.35. The summed E-state index contributed by atoms with van der Waals surface area (Å²) < 4.78 is 0. The molecule has 2 aromatic heterocycles. The minimum atomic E-state index is -0.516. The topological polar surface area (TPSA) is 92.3 Å². The largest absolute Gasteiger partial charge is 0.323 e. The molecule has 0 aliphatic rings. The first-order valence-electron chi connectivity index (χ1n) is 7.09. The van der Waals surface area contributed by atoms with Crippen molar-refractivity contribution >= 4 is 29.6 Å². The van der Waals surface area contributed by atoms with Crippen LogP contribution in [0.1, 0.15) is 5.69 Å². The summed E-state index contributed by atoms with van der Waals surface area (Å²) in [5.41, 5.74) is 0.921. The molecule has 1 N–H and O–H groups in total. The fourth-order valence-corrected chi connectivity index (χ4v) is 2.00. The molecule has 2 rings (SSSR count). The van der Waals surface area contributed by atoms with E-state index in [9.17, 15) is 14.4 Å². The molecule has 0 atom stereocenters. The Kier molecular flexibility index (Phi) is 5.90. The van der Waals surface area contributed by atoms with Crippen molar-refractivity contribution in [1.82, 2.24) is 9.97 Å². The van der Waals surface area contributed by atoms with E-state index in [0.29, 0.717) is 11.4 Å². The normalized spacial score (nSPS) is 9.83. The second kappa shape index (κ2) is 8.33. The van der Waals surface area contributed by atoms with Crippen LogP contribution in [0.5, 0.6) is 0 Å². The predicted molar refractivity (Wildman–Crippen MR) is 89.1 cm³/mol. The molecule has 0 fully saturated rings. The number of amides is 2. The van der Waals surface area contributed by atoms with Crippen molar-refractivity contribution < 1.29 is 14.4 Å². The molecule has 2 aromatic rings.